The number of hydrogen-bond donors (Lipinski definition) is 0. The summed E-state index contributed by atoms with van der Waals surface area (Å²) in [6.45, 7) is 9.18. The van der Waals surface area contributed by atoms with Crippen LogP contribution < -0.4 is 4.74 Å². The molecular formula is C17H26N2O5. The fourth-order valence-corrected chi connectivity index (χ4v) is 2.12. The molecule has 0 saturated carbocycles. The van der Waals surface area contributed by atoms with Gasteiger partial charge in [-0.15, -0.1) is 0 Å². The zero-order valence-electron chi connectivity index (χ0n) is 14.6. The van der Waals surface area contributed by atoms with E-state index >= 15 is 0 Å². The van der Waals surface area contributed by atoms with Gasteiger partial charge in [0.15, 0.2) is 5.75 Å². The fraction of sp³-hybridized carbons (Fsp3) is 0.588. The van der Waals surface area contributed by atoms with Crippen molar-refractivity contribution in [3.63, 3.8) is 0 Å². The van der Waals surface area contributed by atoms with Gasteiger partial charge >= 0.3 is 11.7 Å². The van der Waals surface area contributed by atoms with E-state index in [1.54, 1.807) is 0 Å². The summed E-state index contributed by atoms with van der Waals surface area (Å²) in [6, 6.07) is 4.06. The summed E-state index contributed by atoms with van der Waals surface area (Å²) in [7, 11) is 0. The Morgan fingerprint density at radius 2 is 1.92 bits per heavy atom. The summed E-state index contributed by atoms with van der Waals surface area (Å²) >= 11 is 0. The minimum Gasteiger partial charge on any atom is -0.487 e. The van der Waals surface area contributed by atoms with Crippen LogP contribution in [0.4, 0.5) is 5.69 Å². The summed E-state index contributed by atoms with van der Waals surface area (Å²) in [6.07, 6.45) is 1.70. The molecule has 7 heteroatoms. The van der Waals surface area contributed by atoms with Crippen molar-refractivity contribution in [1.29, 1.82) is 0 Å². The highest BCUT2D eigenvalue weighted by molar-refractivity contribution is 5.90. The van der Waals surface area contributed by atoms with Gasteiger partial charge in [-0.1, -0.05) is 27.2 Å². The summed E-state index contributed by atoms with van der Waals surface area (Å²) in [5, 5.41) is 11.1. The molecule has 0 spiro atoms. The maximum atomic E-state index is 12.1. The van der Waals surface area contributed by atoms with Gasteiger partial charge in [-0.25, -0.2) is 4.79 Å². The van der Waals surface area contributed by atoms with Gasteiger partial charge in [-0.05, 0) is 25.6 Å². The fourth-order valence-electron chi connectivity index (χ4n) is 2.12. The molecule has 0 aliphatic carbocycles. The number of nitro groups is 1. The molecule has 0 aliphatic heterocycles. The van der Waals surface area contributed by atoms with Crippen LogP contribution in [-0.4, -0.2) is 48.6 Å². The molecule has 0 bridgehead atoms. The van der Waals surface area contributed by atoms with Crippen molar-refractivity contribution in [3.05, 3.63) is 33.9 Å². The van der Waals surface area contributed by atoms with Crippen LogP contribution in [0.15, 0.2) is 18.2 Å². The van der Waals surface area contributed by atoms with Gasteiger partial charge in [0, 0.05) is 18.7 Å². The van der Waals surface area contributed by atoms with Crippen molar-refractivity contribution in [3.8, 4) is 5.75 Å². The number of ether oxygens (including phenoxy) is 2. The number of nitro benzene ring substituents is 1. The van der Waals surface area contributed by atoms with Crippen molar-refractivity contribution < 1.29 is 19.2 Å². The van der Waals surface area contributed by atoms with Crippen molar-refractivity contribution in [2.45, 2.75) is 33.6 Å². The number of benzene rings is 1. The Kier molecular flexibility index (Phi) is 8.78. The number of carbonyl (C=O) groups is 1. The molecule has 1 aromatic carbocycles. The monoisotopic (exact) mass is 338 g/mol. The van der Waals surface area contributed by atoms with Crippen LogP contribution in [0.2, 0.25) is 0 Å². The summed E-state index contributed by atoms with van der Waals surface area (Å²) in [5.74, 6) is -0.399. The number of rotatable bonds is 11. The Balaban J connectivity index is 2.74. The highest BCUT2D eigenvalue weighted by Gasteiger charge is 2.19. The van der Waals surface area contributed by atoms with E-state index < -0.39 is 10.9 Å². The first-order chi connectivity index (χ1) is 11.5. The van der Waals surface area contributed by atoms with E-state index in [4.69, 9.17) is 9.47 Å². The number of unbranched alkanes of at least 4 members (excludes halogenated alkanes) is 1. The van der Waals surface area contributed by atoms with E-state index in [9.17, 15) is 14.9 Å². The Morgan fingerprint density at radius 1 is 1.21 bits per heavy atom. The second-order valence-corrected chi connectivity index (χ2v) is 5.30. The molecule has 0 unspecified atom stereocenters. The molecule has 0 amide bonds. The highest BCUT2D eigenvalue weighted by atomic mass is 16.6. The maximum absolute atomic E-state index is 12.1. The van der Waals surface area contributed by atoms with Crippen LogP contribution in [-0.2, 0) is 4.74 Å². The van der Waals surface area contributed by atoms with Crippen molar-refractivity contribution in [1.82, 2.24) is 4.90 Å². The first-order valence-corrected chi connectivity index (χ1v) is 8.34. The molecule has 0 saturated heterocycles. The van der Waals surface area contributed by atoms with Gasteiger partial charge in [-0.2, -0.15) is 0 Å². The molecule has 134 valence electrons. The molecule has 24 heavy (non-hydrogen) atoms. The molecule has 0 aromatic heterocycles. The molecule has 1 aromatic rings. The van der Waals surface area contributed by atoms with Gasteiger partial charge in [0.05, 0.1) is 17.1 Å². The molecule has 0 heterocycles. The quantitative estimate of drug-likeness (QED) is 0.266. The largest absolute Gasteiger partial charge is 0.487 e. The van der Waals surface area contributed by atoms with Crippen LogP contribution in [0, 0.1) is 10.1 Å². The summed E-state index contributed by atoms with van der Waals surface area (Å²) in [4.78, 5) is 24.8. The van der Waals surface area contributed by atoms with E-state index in [0.717, 1.165) is 25.9 Å². The number of likely N-dealkylation sites (N-methyl/N-ethyl adjacent to an activating group) is 1. The third-order valence-corrected chi connectivity index (χ3v) is 3.68. The van der Waals surface area contributed by atoms with Gasteiger partial charge in [-0.3, -0.25) is 10.1 Å². The van der Waals surface area contributed by atoms with Crippen LogP contribution >= 0.6 is 0 Å². The van der Waals surface area contributed by atoms with Gasteiger partial charge < -0.3 is 14.4 Å². The van der Waals surface area contributed by atoms with Crippen molar-refractivity contribution >= 4 is 11.7 Å². The molecule has 0 aliphatic rings. The second-order valence-electron chi connectivity index (χ2n) is 5.30. The molecule has 0 atom stereocenters. The summed E-state index contributed by atoms with van der Waals surface area (Å²) in [5.41, 5.74) is 0.109. The molecular weight excluding hydrogens is 312 g/mol. The molecule has 0 N–H and O–H groups in total. The van der Waals surface area contributed by atoms with Crippen LogP contribution in [0.5, 0.6) is 5.75 Å². The second kappa shape index (κ2) is 10.6. The normalized spacial score (nSPS) is 10.7. The van der Waals surface area contributed by atoms with Crippen LogP contribution in [0.1, 0.15) is 44.0 Å². The predicted molar refractivity (Wildman–Crippen MR) is 91.6 cm³/mol. The number of carbonyl (C=O) groups excluding carboxylic acids is 1. The molecule has 0 radical (unpaired) electrons. The standard InChI is InChI=1S/C17H26N2O5/c1-4-7-11-23-16-13-14(8-9-15(16)19(21)22)17(20)24-12-10-18(5-2)6-3/h8-9,13H,4-7,10-12H2,1-3H3. The lowest BCUT2D eigenvalue weighted by molar-refractivity contribution is -0.385. The van der Waals surface area contributed by atoms with E-state index in [1.165, 1.54) is 18.2 Å². The first kappa shape index (κ1) is 19.9. The third kappa shape index (κ3) is 6.16. The zero-order chi connectivity index (χ0) is 17.9. The summed E-state index contributed by atoms with van der Waals surface area (Å²) < 4.78 is 10.7. The van der Waals surface area contributed by atoms with E-state index in [2.05, 4.69) is 4.90 Å². The van der Waals surface area contributed by atoms with Crippen molar-refractivity contribution in [2.24, 2.45) is 0 Å². The number of nitrogens with zero attached hydrogens (tertiary/aromatic N) is 2. The first-order valence-electron chi connectivity index (χ1n) is 8.34. The Hall–Kier alpha value is -2.15. The Labute approximate surface area is 142 Å². The Morgan fingerprint density at radius 3 is 2.50 bits per heavy atom. The lowest BCUT2D eigenvalue weighted by Gasteiger charge is -2.17. The van der Waals surface area contributed by atoms with Gasteiger partial charge in [0.1, 0.15) is 6.61 Å². The minimum atomic E-state index is -0.517. The van der Waals surface area contributed by atoms with Gasteiger partial charge in [0.2, 0.25) is 0 Å². The average molecular weight is 338 g/mol. The maximum Gasteiger partial charge on any atom is 0.338 e. The Bertz CT molecular complexity index is 544. The van der Waals surface area contributed by atoms with E-state index in [1.807, 2.05) is 20.8 Å². The molecule has 7 nitrogen and oxygen atoms in total. The lowest BCUT2D eigenvalue weighted by atomic mass is 10.2. The number of hydrogen-bond acceptors (Lipinski definition) is 6. The van der Waals surface area contributed by atoms with E-state index in [-0.39, 0.29) is 23.6 Å². The van der Waals surface area contributed by atoms with Crippen LogP contribution in [0.3, 0.4) is 0 Å². The third-order valence-electron chi connectivity index (χ3n) is 3.68. The zero-order valence-corrected chi connectivity index (χ0v) is 14.6. The smallest absolute Gasteiger partial charge is 0.338 e. The highest BCUT2D eigenvalue weighted by Crippen LogP contribution is 2.28. The van der Waals surface area contributed by atoms with Gasteiger partial charge in [0.25, 0.3) is 0 Å². The predicted octanol–water partition coefficient (Wildman–Crippen LogP) is 3.27. The van der Waals surface area contributed by atoms with E-state index in [0.29, 0.717) is 13.2 Å². The van der Waals surface area contributed by atoms with Crippen molar-refractivity contribution in [2.75, 3.05) is 32.8 Å². The SMILES string of the molecule is CCCCOc1cc(C(=O)OCCN(CC)CC)ccc1[N+](=O)[O-]. The topological polar surface area (TPSA) is 81.9 Å². The molecule has 0 fully saturated rings. The average Bonchev–Trinajstić information content (AvgIpc) is 2.58. The van der Waals surface area contributed by atoms with Crippen LogP contribution in [0.25, 0.3) is 0 Å². The number of esters is 1. The minimum absolute atomic E-state index is 0.103. The molecule has 1 rings (SSSR count). The lowest BCUT2D eigenvalue weighted by Crippen LogP contribution is -2.27.